The minimum Gasteiger partial charge on any atom is -0.493 e. The fourth-order valence-electron chi connectivity index (χ4n) is 2.88. The van der Waals surface area contributed by atoms with E-state index in [2.05, 4.69) is 29.3 Å². The maximum Gasteiger partial charge on any atom is 0.161 e. The summed E-state index contributed by atoms with van der Waals surface area (Å²) in [5.41, 5.74) is 1.24. The smallest absolute Gasteiger partial charge is 0.161 e. The highest BCUT2D eigenvalue weighted by atomic mass is 16.5. The summed E-state index contributed by atoms with van der Waals surface area (Å²) in [6, 6.07) is 6.16. The molecule has 0 saturated carbocycles. The van der Waals surface area contributed by atoms with E-state index in [1.807, 2.05) is 13.0 Å². The molecular formula is C17H28N2O2. The molecule has 0 amide bonds. The van der Waals surface area contributed by atoms with E-state index >= 15 is 0 Å². The second-order valence-electron chi connectivity index (χ2n) is 5.60. The monoisotopic (exact) mass is 292 g/mol. The van der Waals surface area contributed by atoms with Gasteiger partial charge in [-0.1, -0.05) is 13.0 Å². The van der Waals surface area contributed by atoms with Gasteiger partial charge in [0, 0.05) is 13.1 Å². The molecule has 1 aromatic carbocycles. The van der Waals surface area contributed by atoms with Crippen molar-refractivity contribution < 1.29 is 9.47 Å². The number of methoxy groups -OCH3 is 1. The van der Waals surface area contributed by atoms with Gasteiger partial charge in [-0.05, 0) is 56.6 Å². The summed E-state index contributed by atoms with van der Waals surface area (Å²) in [6.07, 6.45) is 1.31. The molecule has 0 aromatic heterocycles. The molecule has 118 valence electrons. The number of rotatable bonds is 8. The van der Waals surface area contributed by atoms with E-state index in [-0.39, 0.29) is 0 Å². The van der Waals surface area contributed by atoms with Crippen molar-refractivity contribution in [1.29, 1.82) is 0 Å². The van der Waals surface area contributed by atoms with Crippen molar-refractivity contribution in [2.75, 3.05) is 39.9 Å². The molecule has 1 saturated heterocycles. The van der Waals surface area contributed by atoms with E-state index in [4.69, 9.17) is 9.47 Å². The van der Waals surface area contributed by atoms with E-state index in [0.29, 0.717) is 6.61 Å². The predicted molar refractivity (Wildman–Crippen MR) is 86.1 cm³/mol. The molecule has 2 rings (SSSR count). The molecule has 1 aliphatic rings. The average molecular weight is 292 g/mol. The molecule has 0 bridgehead atoms. The molecule has 21 heavy (non-hydrogen) atoms. The number of nitrogens with one attached hydrogen (secondary N) is 1. The second kappa shape index (κ2) is 8.25. The van der Waals surface area contributed by atoms with Crippen molar-refractivity contribution in [2.45, 2.75) is 26.8 Å². The Morgan fingerprint density at radius 3 is 2.81 bits per heavy atom. The molecule has 4 nitrogen and oxygen atoms in total. The summed E-state index contributed by atoms with van der Waals surface area (Å²) < 4.78 is 10.9. The fraction of sp³-hybridized carbons (Fsp3) is 0.647. The Morgan fingerprint density at radius 2 is 2.14 bits per heavy atom. The molecule has 1 unspecified atom stereocenters. The lowest BCUT2D eigenvalue weighted by molar-refractivity contribution is 0.310. The molecule has 1 heterocycles. The Bertz CT molecular complexity index is 437. The molecule has 0 aliphatic carbocycles. The van der Waals surface area contributed by atoms with Crippen LogP contribution in [-0.2, 0) is 6.54 Å². The van der Waals surface area contributed by atoms with Gasteiger partial charge < -0.3 is 19.7 Å². The number of hydrogen-bond acceptors (Lipinski definition) is 4. The molecule has 4 heteroatoms. The van der Waals surface area contributed by atoms with Crippen LogP contribution in [0.2, 0.25) is 0 Å². The van der Waals surface area contributed by atoms with Crippen molar-refractivity contribution in [3.05, 3.63) is 23.8 Å². The van der Waals surface area contributed by atoms with Crippen LogP contribution in [0.15, 0.2) is 18.2 Å². The van der Waals surface area contributed by atoms with E-state index < -0.39 is 0 Å². The largest absolute Gasteiger partial charge is 0.493 e. The zero-order valence-corrected chi connectivity index (χ0v) is 13.5. The molecule has 1 N–H and O–H groups in total. The number of nitrogens with zero attached hydrogens (tertiary/aromatic N) is 1. The summed E-state index contributed by atoms with van der Waals surface area (Å²) in [7, 11) is 1.69. The van der Waals surface area contributed by atoms with Gasteiger partial charge in [-0.15, -0.1) is 0 Å². The lowest BCUT2D eigenvalue weighted by atomic mass is 10.1. The summed E-state index contributed by atoms with van der Waals surface area (Å²) >= 11 is 0. The Hall–Kier alpha value is -1.26. The molecule has 1 fully saturated rings. The third kappa shape index (κ3) is 4.61. The zero-order chi connectivity index (χ0) is 15.1. The first kappa shape index (κ1) is 16.1. The highest BCUT2D eigenvalue weighted by Crippen LogP contribution is 2.28. The molecule has 1 atom stereocenters. The Morgan fingerprint density at radius 1 is 1.29 bits per heavy atom. The summed E-state index contributed by atoms with van der Waals surface area (Å²) in [4.78, 5) is 2.52. The van der Waals surface area contributed by atoms with Gasteiger partial charge in [-0.2, -0.15) is 0 Å². The molecular weight excluding hydrogens is 264 g/mol. The van der Waals surface area contributed by atoms with Gasteiger partial charge in [-0.3, -0.25) is 0 Å². The van der Waals surface area contributed by atoms with Crippen LogP contribution in [0.5, 0.6) is 11.5 Å². The van der Waals surface area contributed by atoms with Gasteiger partial charge in [0.05, 0.1) is 13.7 Å². The quantitative estimate of drug-likeness (QED) is 0.798. The van der Waals surface area contributed by atoms with E-state index in [0.717, 1.165) is 30.5 Å². The van der Waals surface area contributed by atoms with E-state index in [9.17, 15) is 0 Å². The molecule has 1 aromatic rings. The first-order valence-electron chi connectivity index (χ1n) is 7.99. The van der Waals surface area contributed by atoms with Crippen LogP contribution in [-0.4, -0.2) is 44.8 Å². The van der Waals surface area contributed by atoms with Crippen LogP contribution in [0.1, 0.15) is 25.8 Å². The summed E-state index contributed by atoms with van der Waals surface area (Å²) in [5, 5.41) is 3.57. The minimum atomic E-state index is 0.656. The second-order valence-corrected chi connectivity index (χ2v) is 5.60. The van der Waals surface area contributed by atoms with Crippen LogP contribution < -0.4 is 14.8 Å². The van der Waals surface area contributed by atoms with Crippen molar-refractivity contribution in [3.8, 4) is 11.5 Å². The lowest BCUT2D eigenvalue weighted by Crippen LogP contribution is -2.26. The predicted octanol–water partition coefficient (Wildman–Crippen LogP) is 2.53. The minimum absolute atomic E-state index is 0.656. The zero-order valence-electron chi connectivity index (χ0n) is 13.5. The van der Waals surface area contributed by atoms with Crippen LogP contribution >= 0.6 is 0 Å². The first-order valence-corrected chi connectivity index (χ1v) is 7.99. The van der Waals surface area contributed by atoms with Crippen LogP contribution in [0.25, 0.3) is 0 Å². The maximum atomic E-state index is 5.54. The maximum absolute atomic E-state index is 5.54. The molecule has 0 radical (unpaired) electrons. The highest BCUT2D eigenvalue weighted by molar-refractivity contribution is 5.42. The van der Waals surface area contributed by atoms with Gasteiger partial charge in [0.15, 0.2) is 11.5 Å². The number of hydrogen-bond donors (Lipinski definition) is 1. The van der Waals surface area contributed by atoms with Crippen molar-refractivity contribution in [1.82, 2.24) is 10.2 Å². The van der Waals surface area contributed by atoms with Crippen LogP contribution in [0.4, 0.5) is 0 Å². The number of likely N-dealkylation sites (tertiary alicyclic amines) is 1. The van der Waals surface area contributed by atoms with Crippen molar-refractivity contribution in [3.63, 3.8) is 0 Å². The number of benzene rings is 1. The summed E-state index contributed by atoms with van der Waals surface area (Å²) in [5.74, 6) is 2.42. The lowest BCUT2D eigenvalue weighted by Gasteiger charge is -2.14. The van der Waals surface area contributed by atoms with Crippen LogP contribution in [0.3, 0.4) is 0 Å². The third-order valence-electron chi connectivity index (χ3n) is 4.11. The molecule has 0 spiro atoms. The van der Waals surface area contributed by atoms with Gasteiger partial charge in [-0.25, -0.2) is 0 Å². The highest BCUT2D eigenvalue weighted by Gasteiger charge is 2.20. The van der Waals surface area contributed by atoms with Gasteiger partial charge in [0.25, 0.3) is 0 Å². The van der Waals surface area contributed by atoms with E-state index in [1.165, 1.54) is 31.6 Å². The Balaban J connectivity index is 1.80. The van der Waals surface area contributed by atoms with Gasteiger partial charge in [0.2, 0.25) is 0 Å². The number of ether oxygens (including phenoxy) is 2. The standard InChI is InChI=1S/C17H28N2O2/c1-4-19-9-8-15(13-19)12-18-11-14-6-7-16(21-5-2)17(10-14)20-3/h6-7,10,15,18H,4-5,8-9,11-13H2,1-3H3. The topological polar surface area (TPSA) is 33.7 Å². The van der Waals surface area contributed by atoms with Crippen LogP contribution in [0, 0.1) is 5.92 Å². The van der Waals surface area contributed by atoms with Gasteiger partial charge >= 0.3 is 0 Å². The van der Waals surface area contributed by atoms with E-state index in [1.54, 1.807) is 7.11 Å². The Kier molecular flexibility index (Phi) is 6.33. The first-order chi connectivity index (χ1) is 10.3. The SMILES string of the molecule is CCOc1ccc(CNCC2CCN(CC)C2)cc1OC. The summed E-state index contributed by atoms with van der Waals surface area (Å²) in [6.45, 7) is 10.5. The van der Waals surface area contributed by atoms with Crippen molar-refractivity contribution in [2.24, 2.45) is 5.92 Å². The molecule has 1 aliphatic heterocycles. The third-order valence-corrected chi connectivity index (χ3v) is 4.11. The normalized spacial score (nSPS) is 18.9. The fourth-order valence-corrected chi connectivity index (χ4v) is 2.88. The van der Waals surface area contributed by atoms with Gasteiger partial charge in [0.1, 0.15) is 0 Å². The average Bonchev–Trinajstić information content (AvgIpc) is 2.97. The van der Waals surface area contributed by atoms with Crippen molar-refractivity contribution >= 4 is 0 Å². The Labute approximate surface area is 128 Å².